The van der Waals surface area contributed by atoms with E-state index in [2.05, 4.69) is 0 Å². The van der Waals surface area contributed by atoms with Crippen molar-refractivity contribution in [3.8, 4) is 0 Å². The Hall–Kier alpha value is -5.96. The van der Waals surface area contributed by atoms with Gasteiger partial charge in [-0.3, -0.25) is 37.9 Å². The number of rotatable bonds is 20. The second-order valence-electron chi connectivity index (χ2n) is 19.1. The van der Waals surface area contributed by atoms with Crippen molar-refractivity contribution < 1.29 is 83.1 Å². The van der Waals surface area contributed by atoms with E-state index in [9.17, 15) is 69.6 Å². The molecule has 0 saturated carbocycles. The third kappa shape index (κ3) is 13.5. The van der Waals surface area contributed by atoms with Crippen LogP contribution < -0.4 is 10.6 Å². The van der Waals surface area contributed by atoms with Crippen LogP contribution in [0.4, 0.5) is 26.3 Å². The highest BCUT2D eigenvalue weighted by atomic mass is 35.5. The maximum Gasteiger partial charge on any atom is 0.364 e. The van der Waals surface area contributed by atoms with Crippen LogP contribution >= 0.6 is 38.4 Å². The smallest absolute Gasteiger partial charge is 0.337 e. The topological polar surface area (TPSA) is 212 Å². The van der Waals surface area contributed by atoms with E-state index in [4.69, 9.17) is 32.2 Å². The lowest BCUT2D eigenvalue weighted by atomic mass is 10.0. The van der Waals surface area contributed by atoms with Crippen LogP contribution in [0.3, 0.4) is 0 Å². The van der Waals surface area contributed by atoms with Gasteiger partial charge in [0.1, 0.15) is 59.3 Å². The molecule has 428 valence electrons. The lowest BCUT2D eigenvalue weighted by Gasteiger charge is -2.24. The summed E-state index contributed by atoms with van der Waals surface area (Å²) in [5, 5.41) is -1.21. The van der Waals surface area contributed by atoms with Crippen LogP contribution in [0.25, 0.3) is 21.8 Å². The number of hydrogen-bond acceptors (Lipinski definition) is 10. The van der Waals surface area contributed by atoms with Crippen LogP contribution in [-0.2, 0) is 63.3 Å². The van der Waals surface area contributed by atoms with Gasteiger partial charge in [-0.15, -0.1) is 0 Å². The predicted molar refractivity (Wildman–Crippen MR) is 285 cm³/mol. The third-order valence-electron chi connectivity index (χ3n) is 13.7. The zero-order valence-electron chi connectivity index (χ0n) is 43.4. The molecule has 16 nitrogen and oxygen atoms in total. The highest BCUT2D eigenvalue weighted by Crippen LogP contribution is 2.48. The van der Waals surface area contributed by atoms with Crippen molar-refractivity contribution in [3.63, 3.8) is 0 Å². The number of fused-ring (bicyclic) bond motifs is 2. The van der Waals surface area contributed by atoms with Crippen molar-refractivity contribution >= 4 is 106 Å². The number of amides is 2. The Labute approximate surface area is 464 Å². The van der Waals surface area contributed by atoms with Crippen molar-refractivity contribution in [3.05, 3.63) is 129 Å². The van der Waals surface area contributed by atoms with Crippen molar-refractivity contribution in [2.45, 2.75) is 104 Å². The molecule has 2 fully saturated rings. The highest BCUT2D eigenvalue weighted by molar-refractivity contribution is 7.62. The van der Waals surface area contributed by atoms with E-state index in [1.165, 1.54) is 71.8 Å². The Morgan fingerprint density at radius 2 is 1.01 bits per heavy atom. The first-order valence-corrected chi connectivity index (χ1v) is 29.0. The molecule has 2 N–H and O–H groups in total. The molecule has 26 heteroatoms. The van der Waals surface area contributed by atoms with Crippen LogP contribution in [0.2, 0.25) is 10.0 Å². The average Bonchev–Trinajstić information content (AvgIpc) is 4.17. The number of aromatic nitrogens is 2. The van der Waals surface area contributed by atoms with Gasteiger partial charge in [-0.25, -0.2) is 26.3 Å². The second kappa shape index (κ2) is 25.5. The molecule has 0 radical (unpaired) electrons. The maximum absolute atomic E-state index is 15.2. The number of benzene rings is 4. The van der Waals surface area contributed by atoms with Gasteiger partial charge in [0.2, 0.25) is 11.8 Å². The Morgan fingerprint density at radius 1 is 0.625 bits per heavy atom. The van der Waals surface area contributed by atoms with E-state index in [0.29, 0.717) is 0 Å². The quantitative estimate of drug-likeness (QED) is 0.0416. The van der Waals surface area contributed by atoms with Gasteiger partial charge in [-0.05, 0) is 88.1 Å². The molecule has 2 aromatic heterocycles. The number of Topliss-reactive ketones (excluding diaryl/α,β-unsaturated/α-hetero) is 4. The fraction of sp³-hybridized carbons (Fsp3) is 0.370. The van der Waals surface area contributed by atoms with E-state index in [1.807, 2.05) is 0 Å². The van der Waals surface area contributed by atoms with E-state index in [-0.39, 0.29) is 124 Å². The summed E-state index contributed by atoms with van der Waals surface area (Å²) in [6, 6.07) is 10.6. The molecule has 2 aliphatic heterocycles. The summed E-state index contributed by atoms with van der Waals surface area (Å²) in [4.78, 5) is 98.4. The van der Waals surface area contributed by atoms with Gasteiger partial charge in [0.25, 0.3) is 0 Å². The van der Waals surface area contributed by atoms with Crippen LogP contribution in [0.15, 0.2) is 73.1 Å². The van der Waals surface area contributed by atoms with Gasteiger partial charge in [0, 0.05) is 60.0 Å². The first-order chi connectivity index (χ1) is 37.7. The standard InChI is InChI=1S/C29H31ClF3N2O6P.C25H23ClF3N2O6P/c1-4-40-42(39,41-5-2)27-13-24-20(12-23(27)32)21(17(3)36)15-34(24)16-28(38)35-14-19(31)11-25(35)26(37)10-9-18-7-6-8-22(30)29(18)33;1-13(32)17-11-30(20-9-23(38(35,36)37)19(28)8-16(17)20)12-24(34)31-10-15(27)7-21(31)22(33)6-5-14-3-2-4-18(26)25(14)29/h6-8,12-13,15,19,25H,4-5,9-11,14,16H2,1-3H3;2-4,8-9,11,15,21H,5-7,10,12H2,1H3,(H2,35,36,37)/t19-,25+;15-,21+/m11/s1. The van der Waals surface area contributed by atoms with Crippen LogP contribution in [0.5, 0.6) is 0 Å². The number of aryl methyl sites for hydroxylation is 2. The number of alkyl halides is 2. The molecular formula is C54H54Cl2F6N4O12P2. The van der Waals surface area contributed by atoms with Crippen molar-refractivity contribution in [2.24, 2.45) is 0 Å². The molecule has 2 saturated heterocycles. The van der Waals surface area contributed by atoms with Crippen LogP contribution in [0.1, 0.15) is 85.2 Å². The molecule has 80 heavy (non-hydrogen) atoms. The summed E-state index contributed by atoms with van der Waals surface area (Å²) in [7, 11) is -9.09. The van der Waals surface area contributed by atoms with E-state index in [0.717, 1.165) is 28.0 Å². The maximum atomic E-state index is 15.2. The van der Waals surface area contributed by atoms with Crippen LogP contribution in [-0.4, -0.2) is 114 Å². The molecule has 4 aromatic carbocycles. The van der Waals surface area contributed by atoms with Gasteiger partial charge < -0.3 is 37.8 Å². The monoisotopic (exact) mass is 1200 g/mol. The Morgan fingerprint density at radius 3 is 1.39 bits per heavy atom. The van der Waals surface area contributed by atoms with Gasteiger partial charge in [-0.1, -0.05) is 47.5 Å². The number of carbonyl (C=O) groups is 6. The molecule has 2 aliphatic rings. The number of ketones is 4. The summed E-state index contributed by atoms with van der Waals surface area (Å²) in [5.41, 5.74) is 0.802. The molecule has 4 atom stereocenters. The van der Waals surface area contributed by atoms with Crippen molar-refractivity contribution in [1.82, 2.24) is 18.9 Å². The molecule has 4 heterocycles. The summed E-state index contributed by atoms with van der Waals surface area (Å²) in [5.74, 6) is -6.47. The summed E-state index contributed by atoms with van der Waals surface area (Å²) < 4.78 is 125. The molecule has 2 amide bonds. The van der Waals surface area contributed by atoms with Crippen LogP contribution in [0, 0.1) is 23.3 Å². The second-order valence-corrected chi connectivity index (χ2v) is 23.5. The van der Waals surface area contributed by atoms with E-state index >= 15 is 4.39 Å². The number of nitrogens with zero attached hydrogens (tertiary/aromatic N) is 4. The minimum absolute atomic E-state index is 0.00162. The Bertz CT molecular complexity index is 3530. The lowest BCUT2D eigenvalue weighted by Crippen LogP contribution is -2.42. The third-order valence-corrected chi connectivity index (χ3v) is 17.4. The molecule has 0 unspecified atom stereocenters. The normalized spacial score (nSPS) is 17.5. The number of likely N-dealkylation sites (tertiary alicyclic amines) is 2. The largest absolute Gasteiger partial charge is 0.364 e. The van der Waals surface area contributed by atoms with Gasteiger partial charge in [0.05, 0.1) is 59.5 Å². The fourth-order valence-electron chi connectivity index (χ4n) is 9.91. The molecular weight excluding hydrogens is 1140 g/mol. The summed E-state index contributed by atoms with van der Waals surface area (Å²) >= 11 is 11.6. The predicted octanol–water partition coefficient (Wildman–Crippen LogP) is 9.53. The molecule has 0 aliphatic carbocycles. The summed E-state index contributed by atoms with van der Waals surface area (Å²) in [6.07, 6.45) is -1.00. The lowest BCUT2D eigenvalue weighted by molar-refractivity contribution is -0.138. The zero-order valence-corrected chi connectivity index (χ0v) is 46.7. The zero-order chi connectivity index (χ0) is 58.7. The minimum atomic E-state index is -5.02. The number of carbonyl (C=O) groups excluding carboxylic acids is 6. The Balaban J connectivity index is 0.000000232. The van der Waals surface area contributed by atoms with E-state index < -0.39 is 116 Å². The number of hydrogen-bond donors (Lipinski definition) is 2. The van der Waals surface area contributed by atoms with Gasteiger partial charge in [0.15, 0.2) is 23.1 Å². The first-order valence-electron chi connectivity index (χ1n) is 25.1. The molecule has 8 rings (SSSR count). The molecule has 0 bridgehead atoms. The van der Waals surface area contributed by atoms with Gasteiger partial charge >= 0.3 is 15.2 Å². The minimum Gasteiger partial charge on any atom is -0.337 e. The summed E-state index contributed by atoms with van der Waals surface area (Å²) in [6.45, 7) is 4.01. The van der Waals surface area contributed by atoms with Gasteiger partial charge in [-0.2, -0.15) is 0 Å². The Kier molecular flexibility index (Phi) is 19.6. The molecule has 0 spiro atoms. The highest BCUT2D eigenvalue weighted by Gasteiger charge is 2.41. The molecule has 6 aromatic rings. The SMILES string of the molecule is CC(=O)c1cn(CC(=O)N2C[C@H](F)C[C@H]2C(=O)CCc2cccc(Cl)c2F)c2cc(P(=O)(O)O)c(F)cc12.CCOP(=O)(OCC)c1cc2c(cc1F)c(C(C)=O)cn2CC(=O)N1C[C@H](F)C[C@H]1C(=O)CCc1cccc(Cl)c1F. The number of halogens is 8. The van der Waals surface area contributed by atoms with E-state index in [1.54, 1.807) is 19.9 Å². The van der Waals surface area contributed by atoms with Crippen molar-refractivity contribution in [2.75, 3.05) is 26.3 Å². The fourth-order valence-corrected chi connectivity index (χ4v) is 12.6. The average molecular weight is 1200 g/mol. The van der Waals surface area contributed by atoms with Crippen molar-refractivity contribution in [1.29, 1.82) is 0 Å². The first kappa shape index (κ1) is 61.7.